The molecule has 1 heterocycles. The number of hydrazine groups is 1. The van der Waals surface area contributed by atoms with Crippen LogP contribution in [-0.4, -0.2) is 53.8 Å². The minimum atomic E-state index is -0.489. The Hall–Kier alpha value is -2.48. The van der Waals surface area contributed by atoms with Crippen LogP contribution in [0.1, 0.15) is 22.8 Å². The van der Waals surface area contributed by atoms with Gasteiger partial charge in [0.2, 0.25) is 0 Å². The van der Waals surface area contributed by atoms with E-state index >= 15 is 0 Å². The molecule has 0 spiro atoms. The SMILES string of the molecule is CC(C(=O)NNC(=O)c1ccc(F)cc1)N1CCN(Cc2cccc(Cl)c2)CC1. The topological polar surface area (TPSA) is 64.7 Å². The molecule has 6 nitrogen and oxygen atoms in total. The predicted molar refractivity (Wildman–Crippen MR) is 110 cm³/mol. The highest BCUT2D eigenvalue weighted by atomic mass is 35.5. The van der Waals surface area contributed by atoms with Gasteiger partial charge in [-0.3, -0.25) is 30.2 Å². The fraction of sp³-hybridized carbons (Fsp3) is 0.333. The van der Waals surface area contributed by atoms with Crippen molar-refractivity contribution < 1.29 is 14.0 Å². The van der Waals surface area contributed by atoms with Gasteiger partial charge in [0.25, 0.3) is 11.8 Å². The van der Waals surface area contributed by atoms with E-state index < -0.39 is 11.7 Å². The number of carbonyl (C=O) groups is 2. The van der Waals surface area contributed by atoms with Crippen molar-refractivity contribution in [2.45, 2.75) is 19.5 Å². The standard InChI is InChI=1S/C21H24ClFN4O2/c1-15(20(28)24-25-21(29)17-5-7-19(23)8-6-17)27-11-9-26(10-12-27)14-16-3-2-4-18(22)13-16/h2-8,13,15H,9-12,14H2,1H3,(H,24,28)(H,25,29). The molecule has 3 rings (SSSR count). The van der Waals surface area contributed by atoms with Gasteiger partial charge in [0, 0.05) is 43.3 Å². The van der Waals surface area contributed by atoms with Gasteiger partial charge < -0.3 is 0 Å². The molecule has 0 aliphatic carbocycles. The zero-order valence-corrected chi connectivity index (χ0v) is 17.0. The van der Waals surface area contributed by atoms with E-state index in [9.17, 15) is 14.0 Å². The Labute approximate surface area is 174 Å². The summed E-state index contributed by atoms with van der Waals surface area (Å²) in [6, 6.07) is 12.6. The Balaban J connectivity index is 1.43. The highest BCUT2D eigenvalue weighted by Crippen LogP contribution is 2.14. The van der Waals surface area contributed by atoms with Crippen LogP contribution in [0.3, 0.4) is 0 Å². The van der Waals surface area contributed by atoms with Crippen LogP contribution in [0.5, 0.6) is 0 Å². The lowest BCUT2D eigenvalue weighted by atomic mass is 10.1. The number of nitrogens with zero attached hydrogens (tertiary/aromatic N) is 2. The number of hydrogen-bond donors (Lipinski definition) is 2. The molecule has 2 amide bonds. The highest BCUT2D eigenvalue weighted by molar-refractivity contribution is 6.30. The van der Waals surface area contributed by atoms with Crippen LogP contribution in [0.25, 0.3) is 0 Å². The van der Waals surface area contributed by atoms with Crippen LogP contribution in [0, 0.1) is 5.82 Å². The molecular formula is C21H24ClFN4O2. The number of hydrogen-bond acceptors (Lipinski definition) is 4. The molecule has 1 unspecified atom stereocenters. The molecule has 2 aromatic carbocycles. The molecule has 0 saturated carbocycles. The lowest BCUT2D eigenvalue weighted by Crippen LogP contribution is -2.56. The molecule has 1 fully saturated rings. The molecule has 2 aromatic rings. The van der Waals surface area contributed by atoms with E-state index in [1.54, 1.807) is 0 Å². The van der Waals surface area contributed by atoms with E-state index in [4.69, 9.17) is 11.6 Å². The Kier molecular flexibility index (Phi) is 7.19. The predicted octanol–water partition coefficient (Wildman–Crippen LogP) is 2.45. The second kappa shape index (κ2) is 9.82. The van der Waals surface area contributed by atoms with Crippen molar-refractivity contribution in [1.29, 1.82) is 0 Å². The van der Waals surface area contributed by atoms with Gasteiger partial charge in [0.1, 0.15) is 5.82 Å². The number of carbonyl (C=O) groups excluding carboxylic acids is 2. The molecule has 0 bridgehead atoms. The summed E-state index contributed by atoms with van der Waals surface area (Å²) in [6.45, 7) is 5.81. The van der Waals surface area contributed by atoms with Gasteiger partial charge in [0.05, 0.1) is 6.04 Å². The third kappa shape index (κ3) is 6.00. The molecule has 1 aliphatic rings. The first-order valence-corrected chi connectivity index (χ1v) is 9.87. The number of nitrogens with one attached hydrogen (secondary N) is 2. The van der Waals surface area contributed by atoms with Gasteiger partial charge >= 0.3 is 0 Å². The zero-order valence-electron chi connectivity index (χ0n) is 16.2. The van der Waals surface area contributed by atoms with Crippen molar-refractivity contribution in [3.8, 4) is 0 Å². The molecule has 0 radical (unpaired) electrons. The molecule has 1 atom stereocenters. The van der Waals surface area contributed by atoms with Crippen LogP contribution in [0.2, 0.25) is 5.02 Å². The minimum Gasteiger partial charge on any atom is -0.297 e. The molecule has 2 N–H and O–H groups in total. The van der Waals surface area contributed by atoms with Gasteiger partial charge in [0.15, 0.2) is 0 Å². The smallest absolute Gasteiger partial charge is 0.269 e. The van der Waals surface area contributed by atoms with Crippen LogP contribution >= 0.6 is 11.6 Å². The highest BCUT2D eigenvalue weighted by Gasteiger charge is 2.26. The zero-order chi connectivity index (χ0) is 20.8. The lowest BCUT2D eigenvalue weighted by molar-refractivity contribution is -0.127. The number of amides is 2. The molecule has 29 heavy (non-hydrogen) atoms. The van der Waals surface area contributed by atoms with E-state index in [-0.39, 0.29) is 17.5 Å². The minimum absolute atomic E-state index is 0.272. The maximum atomic E-state index is 12.9. The van der Waals surface area contributed by atoms with E-state index in [2.05, 4.69) is 26.7 Å². The van der Waals surface area contributed by atoms with Crippen LogP contribution in [0.15, 0.2) is 48.5 Å². The van der Waals surface area contributed by atoms with Gasteiger partial charge in [-0.05, 0) is 48.9 Å². The molecule has 154 valence electrons. The van der Waals surface area contributed by atoms with E-state index in [1.165, 1.54) is 29.8 Å². The number of benzene rings is 2. The second-order valence-electron chi connectivity index (χ2n) is 7.07. The maximum Gasteiger partial charge on any atom is 0.269 e. The van der Waals surface area contributed by atoms with Gasteiger partial charge in [-0.2, -0.15) is 0 Å². The molecule has 1 aliphatic heterocycles. The summed E-state index contributed by atoms with van der Waals surface area (Å²) in [5.41, 5.74) is 6.26. The van der Waals surface area contributed by atoms with Crippen molar-refractivity contribution in [3.05, 3.63) is 70.5 Å². The normalized spacial score (nSPS) is 16.2. The Morgan fingerprint density at radius 2 is 1.76 bits per heavy atom. The summed E-state index contributed by atoms with van der Waals surface area (Å²) in [5.74, 6) is -1.20. The van der Waals surface area contributed by atoms with Crippen LogP contribution in [0.4, 0.5) is 4.39 Å². The summed E-state index contributed by atoms with van der Waals surface area (Å²) < 4.78 is 12.9. The fourth-order valence-electron chi connectivity index (χ4n) is 3.26. The third-order valence-corrected chi connectivity index (χ3v) is 5.27. The molecule has 1 saturated heterocycles. The summed E-state index contributed by atoms with van der Waals surface area (Å²) in [5, 5.41) is 0.731. The first-order valence-electron chi connectivity index (χ1n) is 9.49. The van der Waals surface area contributed by atoms with Gasteiger partial charge in [-0.1, -0.05) is 23.7 Å². The van der Waals surface area contributed by atoms with Crippen LogP contribution in [-0.2, 0) is 11.3 Å². The number of halogens is 2. The Morgan fingerprint density at radius 3 is 2.41 bits per heavy atom. The average molecular weight is 419 g/mol. The lowest BCUT2D eigenvalue weighted by Gasteiger charge is -2.37. The number of piperazine rings is 1. The van der Waals surface area contributed by atoms with Gasteiger partial charge in [-0.25, -0.2) is 4.39 Å². The van der Waals surface area contributed by atoms with E-state index in [0.717, 1.165) is 37.7 Å². The van der Waals surface area contributed by atoms with Crippen molar-refractivity contribution in [2.75, 3.05) is 26.2 Å². The van der Waals surface area contributed by atoms with Crippen molar-refractivity contribution in [1.82, 2.24) is 20.7 Å². The van der Waals surface area contributed by atoms with Gasteiger partial charge in [-0.15, -0.1) is 0 Å². The monoisotopic (exact) mass is 418 g/mol. The Bertz CT molecular complexity index is 854. The van der Waals surface area contributed by atoms with E-state index in [0.29, 0.717) is 0 Å². The summed E-state index contributed by atoms with van der Waals surface area (Å²) in [6.07, 6.45) is 0. The summed E-state index contributed by atoms with van der Waals surface area (Å²) in [4.78, 5) is 28.8. The third-order valence-electron chi connectivity index (χ3n) is 5.03. The van der Waals surface area contributed by atoms with Crippen molar-refractivity contribution >= 4 is 23.4 Å². The molecule has 0 aromatic heterocycles. The summed E-state index contributed by atoms with van der Waals surface area (Å²) >= 11 is 6.04. The first kappa shape index (κ1) is 21.2. The van der Waals surface area contributed by atoms with Crippen molar-refractivity contribution in [3.63, 3.8) is 0 Å². The quantitative estimate of drug-likeness (QED) is 0.732. The van der Waals surface area contributed by atoms with E-state index in [1.807, 2.05) is 25.1 Å². The number of rotatable bonds is 5. The van der Waals surface area contributed by atoms with Crippen molar-refractivity contribution in [2.24, 2.45) is 0 Å². The first-order chi connectivity index (χ1) is 13.9. The molecular weight excluding hydrogens is 395 g/mol. The Morgan fingerprint density at radius 1 is 1.07 bits per heavy atom. The average Bonchev–Trinajstić information content (AvgIpc) is 2.72. The second-order valence-corrected chi connectivity index (χ2v) is 7.50. The molecule has 8 heteroatoms. The maximum absolute atomic E-state index is 12.9. The summed E-state index contributed by atoms with van der Waals surface area (Å²) in [7, 11) is 0. The fourth-order valence-corrected chi connectivity index (χ4v) is 3.48. The largest absolute Gasteiger partial charge is 0.297 e. The van der Waals surface area contributed by atoms with Crippen LogP contribution < -0.4 is 10.9 Å².